The number of carbonyl (C=O) groups is 1. The Labute approximate surface area is 209 Å². The second-order valence-electron chi connectivity index (χ2n) is 8.52. The van der Waals surface area contributed by atoms with Crippen LogP contribution in [-0.4, -0.2) is 33.8 Å². The van der Waals surface area contributed by atoms with Crippen LogP contribution in [0.5, 0.6) is 5.75 Å². The van der Waals surface area contributed by atoms with Gasteiger partial charge in [-0.2, -0.15) is 0 Å². The molecule has 5 aromatic rings. The minimum absolute atomic E-state index is 0.380. The van der Waals surface area contributed by atoms with Gasteiger partial charge in [-0.05, 0) is 47.0 Å². The van der Waals surface area contributed by atoms with Crippen molar-refractivity contribution in [3.8, 4) is 16.9 Å². The minimum Gasteiger partial charge on any atom is -0.492 e. The zero-order valence-electron chi connectivity index (χ0n) is 19.7. The molecule has 182 valence electrons. The van der Waals surface area contributed by atoms with Gasteiger partial charge in [0.25, 0.3) is 0 Å². The fourth-order valence-electron chi connectivity index (χ4n) is 4.11. The molecule has 0 saturated carbocycles. The Morgan fingerprint density at radius 2 is 1.75 bits per heavy atom. The molecule has 2 aromatic heterocycles. The molecule has 0 fully saturated rings. The van der Waals surface area contributed by atoms with Crippen LogP contribution in [0.4, 0.5) is 0 Å². The first kappa shape index (κ1) is 23.4. The van der Waals surface area contributed by atoms with Crippen molar-refractivity contribution in [2.45, 2.75) is 19.0 Å². The van der Waals surface area contributed by atoms with Crippen molar-refractivity contribution in [3.63, 3.8) is 0 Å². The summed E-state index contributed by atoms with van der Waals surface area (Å²) in [5.41, 5.74) is 4.62. The maximum absolute atomic E-state index is 12.0. The van der Waals surface area contributed by atoms with Gasteiger partial charge in [0.05, 0.1) is 6.54 Å². The van der Waals surface area contributed by atoms with Gasteiger partial charge in [0.1, 0.15) is 23.9 Å². The quantitative estimate of drug-likeness (QED) is 0.248. The Bertz CT molecular complexity index is 1390. The number of hydrogen-bond donors (Lipinski definition) is 2. The topological polar surface area (TPSA) is 89.5 Å². The van der Waals surface area contributed by atoms with Crippen LogP contribution in [0, 0.1) is 0 Å². The molecule has 7 heteroatoms. The lowest BCUT2D eigenvalue weighted by atomic mass is 10.1. The molecular weight excluding hydrogens is 454 g/mol. The molecule has 36 heavy (non-hydrogen) atoms. The van der Waals surface area contributed by atoms with Crippen LogP contribution in [0.25, 0.3) is 22.2 Å². The molecule has 0 radical (unpaired) electrons. The van der Waals surface area contributed by atoms with Crippen LogP contribution in [0.15, 0.2) is 102 Å². The van der Waals surface area contributed by atoms with E-state index in [0.717, 1.165) is 33.5 Å². The van der Waals surface area contributed by atoms with Crippen LogP contribution in [0.2, 0.25) is 0 Å². The third-order valence-corrected chi connectivity index (χ3v) is 5.98. The number of nitrogens with one attached hydrogen (secondary N) is 1. The lowest BCUT2D eigenvalue weighted by molar-refractivity contribution is -0.140. The van der Waals surface area contributed by atoms with Gasteiger partial charge in [-0.15, -0.1) is 0 Å². The van der Waals surface area contributed by atoms with Crippen LogP contribution in [0.3, 0.4) is 0 Å². The van der Waals surface area contributed by atoms with E-state index >= 15 is 0 Å². The summed E-state index contributed by atoms with van der Waals surface area (Å²) in [6.07, 6.45) is 4.09. The fraction of sp³-hybridized carbons (Fsp3) is 0.172. The molecule has 0 spiro atoms. The maximum atomic E-state index is 12.0. The number of hydrogen-bond acceptors (Lipinski definition) is 5. The highest BCUT2D eigenvalue weighted by atomic mass is 16.5. The molecule has 0 amide bonds. The summed E-state index contributed by atoms with van der Waals surface area (Å²) < 4.78 is 13.3. The van der Waals surface area contributed by atoms with E-state index in [2.05, 4.69) is 10.3 Å². The molecule has 2 heterocycles. The summed E-state index contributed by atoms with van der Waals surface area (Å²) in [4.78, 5) is 16.4. The van der Waals surface area contributed by atoms with Crippen molar-refractivity contribution in [1.82, 2.24) is 14.9 Å². The van der Waals surface area contributed by atoms with Crippen LogP contribution in [0.1, 0.15) is 17.5 Å². The van der Waals surface area contributed by atoms with Crippen molar-refractivity contribution in [2.24, 2.45) is 0 Å². The number of aromatic nitrogens is 2. The van der Waals surface area contributed by atoms with Crippen LogP contribution >= 0.6 is 0 Å². The molecule has 5 rings (SSSR count). The molecule has 0 saturated heterocycles. The van der Waals surface area contributed by atoms with Gasteiger partial charge < -0.3 is 24.1 Å². The Balaban J connectivity index is 1.11. The molecule has 0 unspecified atom stereocenters. The highest BCUT2D eigenvalue weighted by molar-refractivity contribution is 5.73. The van der Waals surface area contributed by atoms with Gasteiger partial charge in [-0.3, -0.25) is 0 Å². The lowest BCUT2D eigenvalue weighted by Gasteiger charge is -2.15. The predicted octanol–water partition coefficient (Wildman–Crippen LogP) is 5.33. The van der Waals surface area contributed by atoms with Crippen LogP contribution in [-0.2, 0) is 17.8 Å². The highest BCUT2D eigenvalue weighted by Gasteiger charge is 2.20. The average molecular weight is 482 g/mol. The van der Waals surface area contributed by atoms with Crippen molar-refractivity contribution < 1.29 is 19.1 Å². The number of nitrogens with zero attached hydrogens (tertiary/aromatic N) is 2. The lowest BCUT2D eigenvalue weighted by Crippen LogP contribution is -2.21. The highest BCUT2D eigenvalue weighted by Crippen LogP contribution is 2.24. The second kappa shape index (κ2) is 10.9. The normalized spacial score (nSPS) is 12.0. The monoisotopic (exact) mass is 481 g/mol. The summed E-state index contributed by atoms with van der Waals surface area (Å²) in [6.45, 7) is 1.65. The van der Waals surface area contributed by atoms with Crippen molar-refractivity contribution in [1.29, 1.82) is 0 Å². The first-order valence-electron chi connectivity index (χ1n) is 11.9. The zero-order chi connectivity index (χ0) is 24.7. The number of rotatable bonds is 11. The molecule has 0 aliphatic carbocycles. The zero-order valence-corrected chi connectivity index (χ0v) is 19.7. The molecule has 0 aliphatic heterocycles. The largest absolute Gasteiger partial charge is 0.492 e. The van der Waals surface area contributed by atoms with Crippen LogP contribution < -0.4 is 10.1 Å². The summed E-state index contributed by atoms with van der Waals surface area (Å²) in [5, 5.41) is 13.1. The number of carboxylic acid groups (broad SMARTS) is 1. The minimum atomic E-state index is -0.865. The van der Waals surface area contributed by atoms with E-state index in [0.29, 0.717) is 32.0 Å². The standard InChI is InChI=1S/C29H27N3O4/c33-29(34)26(32-16-14-23(20-32)22-6-2-1-3-7-22)18-21-10-12-24(13-11-21)35-17-15-30-19-28-31-25-8-4-5-9-27(25)36-28/h1-14,16,20,26,30H,15,17-19H2,(H,33,34)/t26-/m0/s1. The fourth-order valence-corrected chi connectivity index (χ4v) is 4.11. The van der Waals surface area contributed by atoms with Crippen molar-refractivity contribution in [3.05, 3.63) is 109 Å². The van der Waals surface area contributed by atoms with E-state index < -0.39 is 12.0 Å². The maximum Gasteiger partial charge on any atom is 0.327 e. The number of aliphatic carboxylic acids is 1. The van der Waals surface area contributed by atoms with E-state index in [1.54, 1.807) is 4.57 Å². The van der Waals surface area contributed by atoms with E-state index in [-0.39, 0.29) is 0 Å². The van der Waals surface area contributed by atoms with Crippen molar-refractivity contribution in [2.75, 3.05) is 13.2 Å². The van der Waals surface area contributed by atoms with Crippen molar-refractivity contribution >= 4 is 17.1 Å². The van der Waals surface area contributed by atoms with E-state index in [4.69, 9.17) is 9.15 Å². The van der Waals surface area contributed by atoms with Gasteiger partial charge >= 0.3 is 5.97 Å². The van der Waals surface area contributed by atoms with E-state index in [1.165, 1.54) is 0 Å². The molecule has 2 N–H and O–H groups in total. The number of benzene rings is 3. The molecule has 1 atom stereocenters. The van der Waals surface area contributed by atoms with Gasteiger partial charge in [0.15, 0.2) is 5.58 Å². The summed E-state index contributed by atoms with van der Waals surface area (Å²) in [6, 6.07) is 26.5. The summed E-state index contributed by atoms with van der Waals surface area (Å²) in [7, 11) is 0. The number of carboxylic acids is 1. The molecule has 3 aromatic carbocycles. The Hall–Kier alpha value is -4.36. The number of fused-ring (bicyclic) bond motifs is 1. The predicted molar refractivity (Wildman–Crippen MR) is 138 cm³/mol. The Morgan fingerprint density at radius 1 is 0.972 bits per heavy atom. The Kier molecular flexibility index (Phi) is 7.10. The SMILES string of the molecule is O=C(O)[C@H](Cc1ccc(OCCNCc2nc3ccccc3o2)cc1)n1ccc(-c2ccccc2)c1. The number of ether oxygens (including phenoxy) is 1. The molecule has 0 bridgehead atoms. The third-order valence-electron chi connectivity index (χ3n) is 5.98. The van der Waals surface area contributed by atoms with Gasteiger partial charge in [-0.25, -0.2) is 9.78 Å². The Morgan fingerprint density at radius 3 is 2.53 bits per heavy atom. The molecule has 7 nitrogen and oxygen atoms in total. The summed E-state index contributed by atoms with van der Waals surface area (Å²) >= 11 is 0. The van der Waals surface area contributed by atoms with E-state index in [1.807, 2.05) is 97.3 Å². The smallest absolute Gasteiger partial charge is 0.327 e. The van der Waals surface area contributed by atoms with Gasteiger partial charge in [-0.1, -0.05) is 54.6 Å². The first-order valence-corrected chi connectivity index (χ1v) is 11.9. The first-order chi connectivity index (χ1) is 17.7. The average Bonchev–Trinajstić information content (AvgIpc) is 3.55. The second-order valence-corrected chi connectivity index (χ2v) is 8.52. The number of oxazole rings is 1. The molecule has 0 aliphatic rings. The molecular formula is C29H27N3O4. The summed E-state index contributed by atoms with van der Waals surface area (Å²) in [5.74, 6) is 0.518. The van der Waals surface area contributed by atoms with Gasteiger partial charge in [0.2, 0.25) is 5.89 Å². The van der Waals surface area contributed by atoms with E-state index in [9.17, 15) is 9.90 Å². The third kappa shape index (κ3) is 5.64. The number of para-hydroxylation sites is 2. The van der Waals surface area contributed by atoms with Gasteiger partial charge in [0, 0.05) is 25.4 Å².